The lowest BCUT2D eigenvalue weighted by Gasteiger charge is -2.18. The fraction of sp³-hybridized carbons (Fsp3) is 0.407. The zero-order valence-electron chi connectivity index (χ0n) is 19.8. The van der Waals surface area contributed by atoms with E-state index >= 15 is 0 Å². The molecule has 2 unspecified atom stereocenters. The van der Waals surface area contributed by atoms with Crippen LogP contribution in [0.3, 0.4) is 0 Å². The first-order chi connectivity index (χ1) is 16.9. The Morgan fingerprint density at radius 1 is 1.17 bits per heavy atom. The molecule has 4 rings (SSSR count). The van der Waals surface area contributed by atoms with E-state index in [2.05, 4.69) is 17.1 Å². The van der Waals surface area contributed by atoms with E-state index < -0.39 is 6.10 Å². The first-order valence-electron chi connectivity index (χ1n) is 11.9. The Bertz CT molecular complexity index is 1170. The van der Waals surface area contributed by atoms with E-state index in [1.165, 1.54) is 0 Å². The molecule has 8 heteroatoms. The van der Waals surface area contributed by atoms with Crippen LogP contribution in [-0.4, -0.2) is 29.1 Å². The van der Waals surface area contributed by atoms with Crippen molar-refractivity contribution in [2.75, 3.05) is 6.54 Å². The van der Waals surface area contributed by atoms with E-state index in [0.29, 0.717) is 50.8 Å². The number of nitrogens with zero attached hydrogens (tertiary/aromatic N) is 2. The van der Waals surface area contributed by atoms with Gasteiger partial charge in [-0.25, -0.2) is 0 Å². The molecule has 0 radical (unpaired) electrons. The summed E-state index contributed by atoms with van der Waals surface area (Å²) in [6, 6.07) is 11.0. The molecule has 1 aliphatic rings. The molecule has 1 aliphatic carbocycles. The molecule has 0 bridgehead atoms. The average molecular weight is 536 g/mol. The van der Waals surface area contributed by atoms with Gasteiger partial charge >= 0.3 is 0 Å². The summed E-state index contributed by atoms with van der Waals surface area (Å²) < 4.78 is 11.8. The van der Waals surface area contributed by atoms with E-state index in [0.717, 1.165) is 36.3 Å². The lowest BCUT2D eigenvalue weighted by Crippen LogP contribution is -2.11. The summed E-state index contributed by atoms with van der Waals surface area (Å²) in [5, 5.41) is 16.2. The van der Waals surface area contributed by atoms with Crippen molar-refractivity contribution >= 4 is 41.0 Å². The molecule has 186 valence electrons. The molecule has 2 atom stereocenters. The fourth-order valence-corrected chi connectivity index (χ4v) is 5.09. The SMILES string of the molecule is CC/N=C\CC(O)CC(C)c1ccc(OCc2c(-c3c(Cl)cccc3Cl)noc2C2CC2)cc1Cl. The third-order valence-electron chi connectivity index (χ3n) is 6.17. The van der Waals surface area contributed by atoms with Crippen molar-refractivity contribution in [2.45, 2.75) is 64.1 Å². The summed E-state index contributed by atoms with van der Waals surface area (Å²) in [5.74, 6) is 1.90. The third kappa shape index (κ3) is 6.39. The van der Waals surface area contributed by atoms with Crippen molar-refractivity contribution in [1.82, 2.24) is 5.16 Å². The summed E-state index contributed by atoms with van der Waals surface area (Å²) in [7, 11) is 0. The van der Waals surface area contributed by atoms with Crippen LogP contribution in [0.4, 0.5) is 0 Å². The Balaban J connectivity index is 1.49. The number of benzene rings is 2. The molecule has 1 saturated carbocycles. The normalized spacial score (nSPS) is 15.5. The minimum Gasteiger partial charge on any atom is -0.489 e. The Kier molecular flexibility index (Phi) is 8.77. The number of aliphatic hydroxyl groups excluding tert-OH is 1. The quantitative estimate of drug-likeness (QED) is 0.252. The van der Waals surface area contributed by atoms with Gasteiger partial charge in [0.2, 0.25) is 0 Å². The fourth-order valence-electron chi connectivity index (χ4n) is 4.16. The number of hydrogen-bond acceptors (Lipinski definition) is 5. The number of hydrogen-bond donors (Lipinski definition) is 1. The second-order valence-electron chi connectivity index (χ2n) is 8.92. The Morgan fingerprint density at radius 3 is 2.57 bits per heavy atom. The van der Waals surface area contributed by atoms with Crippen LogP contribution in [0.5, 0.6) is 5.75 Å². The van der Waals surface area contributed by atoms with Gasteiger partial charge in [0.1, 0.15) is 23.8 Å². The van der Waals surface area contributed by atoms with Crippen LogP contribution in [0, 0.1) is 0 Å². The number of halogens is 3. The van der Waals surface area contributed by atoms with Gasteiger partial charge in [0.05, 0.1) is 21.7 Å². The number of aromatic nitrogens is 1. The van der Waals surface area contributed by atoms with Gasteiger partial charge in [0, 0.05) is 35.7 Å². The highest BCUT2D eigenvalue weighted by Crippen LogP contribution is 2.46. The molecule has 1 fully saturated rings. The molecule has 2 aromatic carbocycles. The van der Waals surface area contributed by atoms with Gasteiger partial charge in [0.25, 0.3) is 0 Å². The van der Waals surface area contributed by atoms with Crippen LogP contribution < -0.4 is 4.74 Å². The van der Waals surface area contributed by atoms with Gasteiger partial charge < -0.3 is 14.4 Å². The number of aliphatic hydroxyl groups is 1. The van der Waals surface area contributed by atoms with Gasteiger partial charge in [-0.05, 0) is 61.9 Å². The minimum absolute atomic E-state index is 0.0927. The lowest BCUT2D eigenvalue weighted by atomic mass is 9.94. The molecule has 1 heterocycles. The number of aliphatic imine (C=N–C) groups is 1. The Labute approximate surface area is 221 Å². The van der Waals surface area contributed by atoms with Crippen molar-refractivity contribution in [3.05, 3.63) is 68.4 Å². The first-order valence-corrected chi connectivity index (χ1v) is 13.0. The maximum absolute atomic E-state index is 10.3. The van der Waals surface area contributed by atoms with Crippen LogP contribution in [0.15, 0.2) is 45.9 Å². The second-order valence-corrected chi connectivity index (χ2v) is 10.1. The van der Waals surface area contributed by atoms with Gasteiger partial charge in [-0.2, -0.15) is 0 Å². The molecular formula is C27H29Cl3N2O3. The smallest absolute Gasteiger partial charge is 0.147 e. The van der Waals surface area contributed by atoms with E-state index in [1.54, 1.807) is 24.4 Å². The molecule has 1 N–H and O–H groups in total. The minimum atomic E-state index is -0.461. The largest absolute Gasteiger partial charge is 0.489 e. The lowest BCUT2D eigenvalue weighted by molar-refractivity contribution is 0.165. The first kappa shape index (κ1) is 26.0. The molecule has 0 aliphatic heterocycles. The Morgan fingerprint density at radius 2 is 1.91 bits per heavy atom. The highest BCUT2D eigenvalue weighted by molar-refractivity contribution is 6.39. The van der Waals surface area contributed by atoms with Crippen LogP contribution in [0.25, 0.3) is 11.3 Å². The second kappa shape index (κ2) is 11.8. The monoisotopic (exact) mass is 534 g/mol. The maximum atomic E-state index is 10.3. The van der Waals surface area contributed by atoms with Crippen LogP contribution >= 0.6 is 34.8 Å². The van der Waals surface area contributed by atoms with Gasteiger partial charge in [-0.3, -0.25) is 4.99 Å². The maximum Gasteiger partial charge on any atom is 0.147 e. The standard InChI is InChI=1S/C27H29Cl3N2O3/c1-3-31-12-11-18(33)13-16(2)20-10-9-19(14-24(20)30)34-15-21-26(32-35-27(21)17-7-8-17)25-22(28)5-4-6-23(25)29/h4-6,9-10,12,14,16-18,33H,3,7-8,11,13,15H2,1-2H3/b31-12-. The number of rotatable bonds is 11. The van der Waals surface area contributed by atoms with Gasteiger partial charge in [-0.1, -0.05) is 59.0 Å². The molecular weight excluding hydrogens is 507 g/mol. The van der Waals surface area contributed by atoms with Crippen molar-refractivity contribution in [3.8, 4) is 17.0 Å². The zero-order valence-corrected chi connectivity index (χ0v) is 22.1. The third-order valence-corrected chi connectivity index (χ3v) is 7.12. The van der Waals surface area contributed by atoms with Crippen LogP contribution in [0.1, 0.15) is 68.3 Å². The highest BCUT2D eigenvalue weighted by atomic mass is 35.5. The van der Waals surface area contributed by atoms with Crippen molar-refractivity contribution in [1.29, 1.82) is 0 Å². The van der Waals surface area contributed by atoms with Crippen LogP contribution in [0.2, 0.25) is 15.1 Å². The molecule has 0 spiro atoms. The summed E-state index contributed by atoms with van der Waals surface area (Å²) >= 11 is 19.5. The zero-order chi connectivity index (χ0) is 24.9. The van der Waals surface area contributed by atoms with Crippen molar-refractivity contribution in [2.24, 2.45) is 4.99 Å². The van der Waals surface area contributed by atoms with E-state index in [1.807, 2.05) is 25.1 Å². The van der Waals surface area contributed by atoms with E-state index in [9.17, 15) is 5.11 Å². The van der Waals surface area contributed by atoms with Crippen molar-refractivity contribution < 1.29 is 14.4 Å². The van der Waals surface area contributed by atoms with Gasteiger partial charge in [-0.15, -0.1) is 0 Å². The highest BCUT2D eigenvalue weighted by Gasteiger charge is 2.33. The number of ether oxygens (including phenoxy) is 1. The molecule has 3 aromatic rings. The summed E-state index contributed by atoms with van der Waals surface area (Å²) in [6.07, 6.45) is 4.58. The van der Waals surface area contributed by atoms with E-state index in [-0.39, 0.29) is 12.5 Å². The van der Waals surface area contributed by atoms with Crippen LogP contribution in [-0.2, 0) is 6.61 Å². The van der Waals surface area contributed by atoms with Crippen molar-refractivity contribution in [3.63, 3.8) is 0 Å². The molecule has 5 nitrogen and oxygen atoms in total. The predicted molar refractivity (Wildman–Crippen MR) is 142 cm³/mol. The molecule has 1 aromatic heterocycles. The predicted octanol–water partition coefficient (Wildman–Crippen LogP) is 8.09. The molecule has 35 heavy (non-hydrogen) atoms. The average Bonchev–Trinajstić information content (AvgIpc) is 3.58. The summed E-state index contributed by atoms with van der Waals surface area (Å²) in [6.45, 7) is 5.00. The summed E-state index contributed by atoms with van der Waals surface area (Å²) in [4.78, 5) is 4.16. The van der Waals surface area contributed by atoms with Gasteiger partial charge in [0.15, 0.2) is 0 Å². The summed E-state index contributed by atoms with van der Waals surface area (Å²) in [5.41, 5.74) is 3.08. The van der Waals surface area contributed by atoms with E-state index in [4.69, 9.17) is 44.1 Å². The molecule has 0 amide bonds. The topological polar surface area (TPSA) is 67.9 Å². The molecule has 0 saturated heterocycles. The Hall–Kier alpha value is -2.05.